The van der Waals surface area contributed by atoms with E-state index in [1.54, 1.807) is 29.2 Å². The van der Waals surface area contributed by atoms with Gasteiger partial charge < -0.3 is 30.4 Å². The van der Waals surface area contributed by atoms with Gasteiger partial charge in [-0.2, -0.15) is 0 Å². The van der Waals surface area contributed by atoms with Crippen LogP contribution in [-0.4, -0.2) is 53.7 Å². The van der Waals surface area contributed by atoms with Gasteiger partial charge in [-0.05, 0) is 37.0 Å². The van der Waals surface area contributed by atoms with Crippen molar-refractivity contribution in [2.24, 2.45) is 5.73 Å². The highest BCUT2D eigenvalue weighted by molar-refractivity contribution is 5.82. The number of carbonyl (C=O) groups excluding carboxylic acids is 2. The smallest absolute Gasteiger partial charge is 0.239 e. The Kier molecular flexibility index (Phi) is 5.95. The number of benzene rings is 1. The zero-order chi connectivity index (χ0) is 16.8. The van der Waals surface area contributed by atoms with Crippen LogP contribution in [-0.2, 0) is 20.7 Å². The highest BCUT2D eigenvalue weighted by Gasteiger charge is 2.26. The summed E-state index contributed by atoms with van der Waals surface area (Å²) in [4.78, 5) is 24.4. The number of piperidine rings is 1. The van der Waals surface area contributed by atoms with Crippen LogP contribution in [0.4, 0.5) is 0 Å². The maximum Gasteiger partial charge on any atom is 0.239 e. The Labute approximate surface area is 134 Å². The largest absolute Gasteiger partial charge is 0.548 e. The number of nitrogens with two attached hydrogens (primary N) is 1. The van der Waals surface area contributed by atoms with E-state index < -0.39 is 18.6 Å². The normalized spacial score (nSPS) is 17.0. The predicted octanol–water partition coefficient (Wildman–Crippen LogP) is -0.980. The molecule has 0 radical (unpaired) electrons. The molecule has 1 aromatic rings. The standard InChI is InChI=1S/C16H22N2O5/c17-14(9-11-1-3-12(19)4-2-11)16(22)18-7-5-13(6-8-18)23-10-15(20)21/h1-4,13-14,19H,5-10,17H2,(H,20,21)/p-1. The fraction of sp³-hybridized carbons (Fsp3) is 0.500. The third kappa shape index (κ3) is 5.22. The minimum Gasteiger partial charge on any atom is -0.548 e. The fourth-order valence-corrected chi connectivity index (χ4v) is 2.64. The minimum absolute atomic E-state index is 0.128. The molecule has 0 saturated carbocycles. The van der Waals surface area contributed by atoms with Gasteiger partial charge in [0.2, 0.25) is 5.91 Å². The molecule has 126 valence electrons. The maximum atomic E-state index is 12.3. The Hall–Kier alpha value is -2.12. The molecule has 0 bridgehead atoms. The molecule has 0 aliphatic carbocycles. The monoisotopic (exact) mass is 321 g/mol. The molecule has 7 nitrogen and oxygen atoms in total. The second-order valence-corrected chi connectivity index (χ2v) is 5.68. The van der Waals surface area contributed by atoms with Gasteiger partial charge in [0.15, 0.2) is 0 Å². The number of aromatic hydroxyl groups is 1. The zero-order valence-corrected chi connectivity index (χ0v) is 12.8. The van der Waals surface area contributed by atoms with E-state index in [-0.39, 0.29) is 17.8 Å². The average Bonchev–Trinajstić information content (AvgIpc) is 2.55. The van der Waals surface area contributed by atoms with Gasteiger partial charge >= 0.3 is 0 Å². The minimum atomic E-state index is -1.24. The van der Waals surface area contributed by atoms with Crippen molar-refractivity contribution in [1.82, 2.24) is 4.90 Å². The molecule has 1 unspecified atom stereocenters. The first-order valence-corrected chi connectivity index (χ1v) is 7.59. The van der Waals surface area contributed by atoms with Gasteiger partial charge in [-0.3, -0.25) is 4.79 Å². The number of hydrogen-bond acceptors (Lipinski definition) is 6. The maximum absolute atomic E-state index is 12.3. The van der Waals surface area contributed by atoms with E-state index in [1.165, 1.54) is 0 Å². The molecule has 1 amide bonds. The van der Waals surface area contributed by atoms with E-state index in [2.05, 4.69) is 0 Å². The van der Waals surface area contributed by atoms with Crippen molar-refractivity contribution in [2.45, 2.75) is 31.4 Å². The van der Waals surface area contributed by atoms with Crippen molar-refractivity contribution >= 4 is 11.9 Å². The molecule has 7 heteroatoms. The number of carbonyl (C=O) groups is 2. The number of likely N-dealkylation sites (tertiary alicyclic amines) is 1. The van der Waals surface area contributed by atoms with Crippen LogP contribution in [0.25, 0.3) is 0 Å². The van der Waals surface area contributed by atoms with Crippen molar-refractivity contribution in [3.63, 3.8) is 0 Å². The van der Waals surface area contributed by atoms with Crippen molar-refractivity contribution in [2.75, 3.05) is 19.7 Å². The quantitative estimate of drug-likeness (QED) is 0.696. The van der Waals surface area contributed by atoms with Gasteiger partial charge in [0, 0.05) is 13.1 Å². The number of phenolic OH excluding ortho intramolecular Hbond substituents is 1. The molecule has 1 saturated heterocycles. The topological polar surface area (TPSA) is 116 Å². The molecule has 1 heterocycles. The Morgan fingerprint density at radius 1 is 1.30 bits per heavy atom. The van der Waals surface area contributed by atoms with Gasteiger partial charge in [0.1, 0.15) is 5.75 Å². The molecular weight excluding hydrogens is 300 g/mol. The van der Waals surface area contributed by atoms with Gasteiger partial charge in [-0.1, -0.05) is 12.1 Å². The summed E-state index contributed by atoms with van der Waals surface area (Å²) in [6, 6.07) is 5.96. The van der Waals surface area contributed by atoms with Crippen LogP contribution in [0, 0.1) is 0 Å². The SMILES string of the molecule is NC(Cc1ccc(O)cc1)C(=O)N1CCC(OCC(=O)[O-])CC1. The molecule has 1 aromatic carbocycles. The van der Waals surface area contributed by atoms with E-state index in [9.17, 15) is 19.8 Å². The second kappa shape index (κ2) is 7.94. The van der Waals surface area contributed by atoms with E-state index in [0.717, 1.165) is 5.56 Å². The van der Waals surface area contributed by atoms with E-state index in [1.807, 2.05) is 0 Å². The third-order valence-electron chi connectivity index (χ3n) is 3.90. The molecule has 0 aromatic heterocycles. The summed E-state index contributed by atoms with van der Waals surface area (Å²) in [5.41, 5.74) is 6.87. The first-order chi connectivity index (χ1) is 11.0. The molecule has 1 fully saturated rings. The number of aliphatic carboxylic acids is 1. The summed E-state index contributed by atoms with van der Waals surface area (Å²) in [6.07, 6.45) is 1.42. The lowest BCUT2D eigenvalue weighted by Gasteiger charge is -2.33. The number of hydrogen-bond donors (Lipinski definition) is 2. The Balaban J connectivity index is 1.79. The van der Waals surface area contributed by atoms with Crippen molar-refractivity contribution in [3.05, 3.63) is 29.8 Å². The van der Waals surface area contributed by atoms with Crippen LogP contribution < -0.4 is 10.8 Å². The molecule has 1 aliphatic rings. The van der Waals surface area contributed by atoms with Crippen LogP contribution >= 0.6 is 0 Å². The Morgan fingerprint density at radius 3 is 2.48 bits per heavy atom. The molecule has 1 aliphatic heterocycles. The first-order valence-electron chi connectivity index (χ1n) is 7.59. The van der Waals surface area contributed by atoms with Gasteiger partial charge in [0.25, 0.3) is 0 Å². The highest BCUT2D eigenvalue weighted by Crippen LogP contribution is 2.16. The number of nitrogens with zero attached hydrogens (tertiary/aromatic N) is 1. The van der Waals surface area contributed by atoms with Crippen LogP contribution in [0.5, 0.6) is 5.75 Å². The van der Waals surface area contributed by atoms with Crippen molar-refractivity contribution < 1.29 is 24.5 Å². The third-order valence-corrected chi connectivity index (χ3v) is 3.90. The highest BCUT2D eigenvalue weighted by atomic mass is 16.5. The van der Waals surface area contributed by atoms with Crippen molar-refractivity contribution in [3.8, 4) is 5.75 Å². The number of phenols is 1. The Bertz CT molecular complexity index is 538. The van der Waals surface area contributed by atoms with Gasteiger partial charge in [0.05, 0.1) is 24.7 Å². The summed E-state index contributed by atoms with van der Waals surface area (Å²) in [6.45, 7) is 0.582. The van der Waals surface area contributed by atoms with Crippen LogP contribution in [0.15, 0.2) is 24.3 Å². The van der Waals surface area contributed by atoms with Crippen LogP contribution in [0.2, 0.25) is 0 Å². The lowest BCUT2D eigenvalue weighted by molar-refractivity contribution is -0.310. The summed E-state index contributed by atoms with van der Waals surface area (Å²) in [5.74, 6) is -1.19. The number of amides is 1. The average molecular weight is 321 g/mol. The number of carboxylic acids is 1. The number of ether oxygens (including phenoxy) is 1. The van der Waals surface area contributed by atoms with E-state index in [4.69, 9.17) is 10.5 Å². The lowest BCUT2D eigenvalue weighted by atomic mass is 10.0. The van der Waals surface area contributed by atoms with E-state index >= 15 is 0 Å². The summed E-state index contributed by atoms with van der Waals surface area (Å²) < 4.78 is 5.18. The molecule has 0 spiro atoms. The first kappa shape index (κ1) is 17.2. The summed E-state index contributed by atoms with van der Waals surface area (Å²) >= 11 is 0. The molecule has 1 atom stereocenters. The van der Waals surface area contributed by atoms with Gasteiger partial charge in [-0.25, -0.2) is 0 Å². The Morgan fingerprint density at radius 2 is 1.91 bits per heavy atom. The number of carboxylic acid groups (broad SMARTS) is 1. The van der Waals surface area contributed by atoms with Crippen molar-refractivity contribution in [1.29, 1.82) is 0 Å². The van der Waals surface area contributed by atoms with E-state index in [0.29, 0.717) is 32.4 Å². The van der Waals surface area contributed by atoms with Crippen LogP contribution in [0.3, 0.4) is 0 Å². The summed E-state index contributed by atoms with van der Waals surface area (Å²) in [7, 11) is 0. The van der Waals surface area contributed by atoms with Gasteiger partial charge in [-0.15, -0.1) is 0 Å². The molecule has 2 rings (SSSR count). The number of rotatable bonds is 6. The molecule has 23 heavy (non-hydrogen) atoms. The predicted molar refractivity (Wildman–Crippen MR) is 80.3 cm³/mol. The second-order valence-electron chi connectivity index (χ2n) is 5.68. The lowest BCUT2D eigenvalue weighted by Crippen LogP contribution is -2.49. The fourth-order valence-electron chi connectivity index (χ4n) is 2.64. The molecular formula is C16H21N2O5-. The molecule has 3 N–H and O–H groups in total. The summed E-state index contributed by atoms with van der Waals surface area (Å²) in [5, 5.41) is 19.6. The van der Waals surface area contributed by atoms with Crippen LogP contribution in [0.1, 0.15) is 18.4 Å². The zero-order valence-electron chi connectivity index (χ0n) is 12.8.